The summed E-state index contributed by atoms with van der Waals surface area (Å²) in [4.78, 5) is 4.43. The fraction of sp³-hybridized carbons (Fsp3) is 0.0625. The molecule has 21 heavy (non-hydrogen) atoms. The molecule has 0 radical (unpaired) electrons. The monoisotopic (exact) mass is 299 g/mol. The normalized spacial score (nSPS) is 10.6. The van der Waals surface area contributed by atoms with E-state index in [1.807, 2.05) is 54.6 Å². The Bertz CT molecular complexity index is 776. The average molecular weight is 300 g/mol. The topological polar surface area (TPSA) is 60.2 Å². The molecule has 1 heterocycles. The maximum Gasteiger partial charge on any atom is 0.146 e. The number of nitrogens with one attached hydrogen (secondary N) is 1. The Morgan fingerprint density at radius 3 is 2.71 bits per heavy atom. The highest BCUT2D eigenvalue weighted by atomic mass is 35.5. The van der Waals surface area contributed by atoms with Crippen molar-refractivity contribution in [2.75, 3.05) is 5.43 Å². The minimum atomic E-state index is 0.390. The molecule has 3 N–H and O–H groups in total. The quantitative estimate of drug-likeness (QED) is 0.569. The van der Waals surface area contributed by atoms with Gasteiger partial charge in [0, 0.05) is 16.0 Å². The number of rotatable bonds is 4. The Morgan fingerprint density at radius 2 is 1.90 bits per heavy atom. The molecule has 0 spiro atoms. The number of fused-ring (bicyclic) bond motifs is 1. The second-order valence-corrected chi connectivity index (χ2v) is 4.96. The fourth-order valence-corrected chi connectivity index (χ4v) is 2.28. The minimum absolute atomic E-state index is 0.390. The summed E-state index contributed by atoms with van der Waals surface area (Å²) in [6, 6.07) is 17.2. The number of nitrogens with zero attached hydrogens (tertiary/aromatic N) is 1. The van der Waals surface area contributed by atoms with Gasteiger partial charge in [-0.2, -0.15) is 0 Å². The molecular formula is C16H14ClN3O. The van der Waals surface area contributed by atoms with Gasteiger partial charge in [0.15, 0.2) is 0 Å². The molecule has 0 fully saturated rings. The number of nitrogen functional groups attached to an aromatic ring is 1. The summed E-state index contributed by atoms with van der Waals surface area (Å²) >= 11 is 6.13. The summed E-state index contributed by atoms with van der Waals surface area (Å²) in [5, 5.41) is 1.68. The predicted octanol–water partition coefficient (Wildman–Crippen LogP) is 3.75. The van der Waals surface area contributed by atoms with Gasteiger partial charge in [-0.3, -0.25) is 0 Å². The maximum absolute atomic E-state index is 6.13. The van der Waals surface area contributed by atoms with Crippen LogP contribution in [0.5, 0.6) is 5.75 Å². The van der Waals surface area contributed by atoms with E-state index in [-0.39, 0.29) is 0 Å². The SMILES string of the molecule is NNc1ccc2cccc(OCc3ccccc3Cl)c2n1. The molecule has 5 heteroatoms. The number of aromatic nitrogens is 1. The Kier molecular flexibility index (Phi) is 3.90. The van der Waals surface area contributed by atoms with Crippen molar-refractivity contribution >= 4 is 28.3 Å². The van der Waals surface area contributed by atoms with Crippen LogP contribution >= 0.6 is 11.6 Å². The summed E-state index contributed by atoms with van der Waals surface area (Å²) in [5.41, 5.74) is 4.24. The largest absolute Gasteiger partial charge is 0.487 e. The molecule has 0 aliphatic heterocycles. The second-order valence-electron chi connectivity index (χ2n) is 4.55. The van der Waals surface area contributed by atoms with Crippen LogP contribution in [-0.2, 0) is 6.61 Å². The van der Waals surface area contributed by atoms with Crippen molar-refractivity contribution in [3.05, 3.63) is 65.2 Å². The average Bonchev–Trinajstić information content (AvgIpc) is 2.53. The van der Waals surface area contributed by atoms with Gasteiger partial charge in [0.05, 0.1) is 0 Å². The zero-order chi connectivity index (χ0) is 14.7. The summed E-state index contributed by atoms with van der Waals surface area (Å²) in [6.45, 7) is 0.390. The van der Waals surface area contributed by atoms with Crippen LogP contribution in [0.2, 0.25) is 5.02 Å². The van der Waals surface area contributed by atoms with Gasteiger partial charge >= 0.3 is 0 Å². The van der Waals surface area contributed by atoms with Crippen LogP contribution < -0.4 is 16.0 Å². The van der Waals surface area contributed by atoms with Gasteiger partial charge in [0.25, 0.3) is 0 Å². The molecule has 0 saturated carbocycles. The number of hydrogen-bond acceptors (Lipinski definition) is 4. The molecule has 0 amide bonds. The van der Waals surface area contributed by atoms with Crippen molar-refractivity contribution < 1.29 is 4.74 Å². The first-order valence-electron chi connectivity index (χ1n) is 6.50. The van der Waals surface area contributed by atoms with Gasteiger partial charge in [0.2, 0.25) is 0 Å². The summed E-state index contributed by atoms with van der Waals surface area (Å²) in [5.74, 6) is 6.70. The molecule has 0 saturated heterocycles. The van der Waals surface area contributed by atoms with Gasteiger partial charge in [-0.05, 0) is 24.3 Å². The molecule has 0 aliphatic carbocycles. The Hall–Kier alpha value is -2.30. The standard InChI is InChI=1S/C16H14ClN3O/c17-13-6-2-1-4-12(13)10-21-14-7-3-5-11-8-9-15(20-18)19-16(11)14/h1-9H,10,18H2,(H,19,20). The lowest BCUT2D eigenvalue weighted by molar-refractivity contribution is 0.309. The highest BCUT2D eigenvalue weighted by Crippen LogP contribution is 2.26. The molecule has 106 valence electrons. The molecule has 2 aromatic carbocycles. The highest BCUT2D eigenvalue weighted by molar-refractivity contribution is 6.31. The Balaban J connectivity index is 1.91. The number of benzene rings is 2. The third kappa shape index (κ3) is 2.91. The van der Waals surface area contributed by atoms with Crippen molar-refractivity contribution in [3.8, 4) is 5.75 Å². The van der Waals surface area contributed by atoms with Crippen LogP contribution in [0, 0.1) is 0 Å². The van der Waals surface area contributed by atoms with Crippen LogP contribution in [0.4, 0.5) is 5.82 Å². The third-order valence-corrected chi connectivity index (χ3v) is 3.54. The van der Waals surface area contributed by atoms with Crippen molar-refractivity contribution in [1.29, 1.82) is 0 Å². The molecule has 4 nitrogen and oxygen atoms in total. The smallest absolute Gasteiger partial charge is 0.146 e. The molecular weight excluding hydrogens is 286 g/mol. The number of anilines is 1. The zero-order valence-corrected chi connectivity index (χ0v) is 12.0. The highest BCUT2D eigenvalue weighted by Gasteiger charge is 2.06. The number of nitrogens with two attached hydrogens (primary N) is 1. The van der Waals surface area contributed by atoms with E-state index in [0.29, 0.717) is 23.2 Å². The van der Waals surface area contributed by atoms with E-state index in [4.69, 9.17) is 22.2 Å². The lowest BCUT2D eigenvalue weighted by Crippen LogP contribution is -2.08. The van der Waals surface area contributed by atoms with Crippen molar-refractivity contribution in [1.82, 2.24) is 4.98 Å². The van der Waals surface area contributed by atoms with Gasteiger partial charge in [0.1, 0.15) is 23.7 Å². The number of para-hydroxylation sites is 1. The number of halogens is 1. The van der Waals surface area contributed by atoms with Gasteiger partial charge in [-0.25, -0.2) is 10.8 Å². The molecule has 1 aromatic heterocycles. The fourth-order valence-electron chi connectivity index (χ4n) is 2.09. The lowest BCUT2D eigenvalue weighted by atomic mass is 10.2. The molecule has 0 unspecified atom stereocenters. The van der Waals surface area contributed by atoms with Crippen molar-refractivity contribution in [3.63, 3.8) is 0 Å². The van der Waals surface area contributed by atoms with Gasteiger partial charge in [-0.1, -0.05) is 41.9 Å². The number of ether oxygens (including phenoxy) is 1. The Labute approximate surface area is 127 Å². The predicted molar refractivity (Wildman–Crippen MR) is 85.3 cm³/mol. The molecule has 0 bridgehead atoms. The third-order valence-electron chi connectivity index (χ3n) is 3.17. The van der Waals surface area contributed by atoms with E-state index in [0.717, 1.165) is 16.5 Å². The van der Waals surface area contributed by atoms with Crippen LogP contribution in [0.15, 0.2) is 54.6 Å². The van der Waals surface area contributed by atoms with Gasteiger partial charge < -0.3 is 10.2 Å². The van der Waals surface area contributed by atoms with Crippen LogP contribution in [0.25, 0.3) is 10.9 Å². The second kappa shape index (κ2) is 5.99. The number of hydrogen-bond donors (Lipinski definition) is 2. The zero-order valence-electron chi connectivity index (χ0n) is 11.2. The summed E-state index contributed by atoms with van der Waals surface area (Å²) in [7, 11) is 0. The van der Waals surface area contributed by atoms with E-state index in [1.165, 1.54) is 0 Å². The van der Waals surface area contributed by atoms with E-state index >= 15 is 0 Å². The lowest BCUT2D eigenvalue weighted by Gasteiger charge is -2.10. The van der Waals surface area contributed by atoms with E-state index in [1.54, 1.807) is 0 Å². The van der Waals surface area contributed by atoms with Crippen LogP contribution in [-0.4, -0.2) is 4.98 Å². The first-order valence-corrected chi connectivity index (χ1v) is 6.88. The molecule has 0 aliphatic rings. The summed E-state index contributed by atoms with van der Waals surface area (Å²) in [6.07, 6.45) is 0. The summed E-state index contributed by atoms with van der Waals surface area (Å²) < 4.78 is 5.87. The van der Waals surface area contributed by atoms with E-state index < -0.39 is 0 Å². The van der Waals surface area contributed by atoms with E-state index in [9.17, 15) is 0 Å². The number of hydrazine groups is 1. The maximum atomic E-state index is 6.13. The molecule has 3 aromatic rings. The van der Waals surface area contributed by atoms with E-state index in [2.05, 4.69) is 10.4 Å². The first kappa shape index (κ1) is 13.7. The van der Waals surface area contributed by atoms with Crippen molar-refractivity contribution in [2.45, 2.75) is 6.61 Å². The minimum Gasteiger partial charge on any atom is -0.487 e. The first-order chi connectivity index (χ1) is 10.3. The van der Waals surface area contributed by atoms with Crippen LogP contribution in [0.1, 0.15) is 5.56 Å². The van der Waals surface area contributed by atoms with Gasteiger partial charge in [-0.15, -0.1) is 0 Å². The van der Waals surface area contributed by atoms with Crippen molar-refractivity contribution in [2.24, 2.45) is 5.84 Å². The molecule has 0 atom stereocenters. The van der Waals surface area contributed by atoms with Crippen LogP contribution in [0.3, 0.4) is 0 Å². The Morgan fingerprint density at radius 1 is 1.05 bits per heavy atom. The molecule has 3 rings (SSSR count). The number of pyridine rings is 1.